The number of nitrogen functional groups attached to an aromatic ring is 1. The summed E-state index contributed by atoms with van der Waals surface area (Å²) in [6, 6.07) is 4.09. The van der Waals surface area contributed by atoms with Crippen molar-refractivity contribution in [2.75, 3.05) is 29.5 Å². The molecule has 0 amide bonds. The minimum atomic E-state index is -1.28. The van der Waals surface area contributed by atoms with Crippen LogP contribution in [0.3, 0.4) is 0 Å². The molecule has 0 bridgehead atoms. The number of benzene rings is 1. The maximum Gasteiger partial charge on any atom is 0.171 e. The Labute approximate surface area is 182 Å². The summed E-state index contributed by atoms with van der Waals surface area (Å²) in [5, 5.41) is 24.9. The Morgan fingerprint density at radius 1 is 1.39 bits per heavy atom. The van der Waals surface area contributed by atoms with Crippen LogP contribution in [0.1, 0.15) is 31.2 Å². The molecule has 6 N–H and O–H groups in total. The van der Waals surface area contributed by atoms with Gasteiger partial charge in [-0.2, -0.15) is 5.10 Å². The van der Waals surface area contributed by atoms with Crippen molar-refractivity contribution in [2.24, 2.45) is 7.05 Å². The highest BCUT2D eigenvalue weighted by atomic mass is 32.1. The summed E-state index contributed by atoms with van der Waals surface area (Å²) in [6.07, 6.45) is 3.65. The Morgan fingerprint density at radius 3 is 2.87 bits per heavy atom. The van der Waals surface area contributed by atoms with Crippen LogP contribution < -0.4 is 21.7 Å². The second-order valence-electron chi connectivity index (χ2n) is 7.45. The standard InChI is InChI=1S/C20H25F2N7OS/c1-29-18(25-9-7-11-4-3-8-24-11)14(10-26-29)27-19(30)16-17(23)31-20(28-16)15-12(21)5-2-6-13(15)22/h2,5-6,10-11,19,24-25,27,30H,3-4,7-9,23H2,1H3/t11-,19?/m0/s1. The Hall–Kier alpha value is -2.76. The van der Waals surface area contributed by atoms with Crippen LogP contribution in [0.4, 0.5) is 25.3 Å². The molecular weight excluding hydrogens is 424 g/mol. The number of aryl methyl sites for hydroxylation is 1. The Balaban J connectivity index is 1.47. The molecule has 1 unspecified atom stereocenters. The number of hydrogen-bond donors (Lipinski definition) is 5. The summed E-state index contributed by atoms with van der Waals surface area (Å²) in [4.78, 5) is 4.19. The molecule has 0 saturated carbocycles. The number of nitrogens with two attached hydrogens (primary N) is 1. The highest BCUT2D eigenvalue weighted by molar-refractivity contribution is 7.18. The molecule has 1 saturated heterocycles. The molecule has 8 nitrogen and oxygen atoms in total. The minimum absolute atomic E-state index is 0.0672. The number of aliphatic hydroxyl groups excluding tert-OH is 1. The lowest BCUT2D eigenvalue weighted by Gasteiger charge is -2.16. The van der Waals surface area contributed by atoms with Crippen molar-refractivity contribution in [3.63, 3.8) is 0 Å². The zero-order valence-corrected chi connectivity index (χ0v) is 17.8. The SMILES string of the molecule is Cn1ncc(NC(O)c2nc(-c3c(F)cccc3F)sc2N)c1NCC[C@@H]1CCCN1. The van der Waals surface area contributed by atoms with Crippen LogP contribution in [0.2, 0.25) is 0 Å². The number of halogens is 2. The van der Waals surface area contributed by atoms with Gasteiger partial charge in [0.15, 0.2) is 6.23 Å². The maximum atomic E-state index is 14.1. The van der Waals surface area contributed by atoms with E-state index >= 15 is 0 Å². The monoisotopic (exact) mass is 449 g/mol. The molecule has 0 aliphatic carbocycles. The van der Waals surface area contributed by atoms with Crippen LogP contribution >= 0.6 is 11.3 Å². The number of nitrogens with one attached hydrogen (secondary N) is 3. The quantitative estimate of drug-likeness (QED) is 0.336. The lowest BCUT2D eigenvalue weighted by atomic mass is 10.1. The predicted octanol–water partition coefficient (Wildman–Crippen LogP) is 3.06. The lowest BCUT2D eigenvalue weighted by Crippen LogP contribution is -2.24. The molecule has 0 spiro atoms. The largest absolute Gasteiger partial charge is 0.389 e. The van der Waals surface area contributed by atoms with Gasteiger partial charge >= 0.3 is 0 Å². The molecule has 166 valence electrons. The first kappa shape index (κ1) is 21.5. The van der Waals surface area contributed by atoms with E-state index < -0.39 is 17.9 Å². The van der Waals surface area contributed by atoms with Crippen LogP contribution in [-0.4, -0.2) is 39.0 Å². The number of aliphatic hydroxyl groups is 1. The smallest absolute Gasteiger partial charge is 0.171 e. The predicted molar refractivity (Wildman–Crippen MR) is 118 cm³/mol. The molecule has 1 fully saturated rings. The maximum absolute atomic E-state index is 14.1. The first-order valence-corrected chi connectivity index (χ1v) is 10.9. The van der Waals surface area contributed by atoms with Gasteiger partial charge in [-0.3, -0.25) is 4.68 Å². The van der Waals surface area contributed by atoms with E-state index in [1.807, 2.05) is 0 Å². The van der Waals surface area contributed by atoms with Gasteiger partial charge in [-0.15, -0.1) is 0 Å². The third-order valence-electron chi connectivity index (χ3n) is 5.30. The first-order valence-electron chi connectivity index (χ1n) is 10.1. The Kier molecular flexibility index (Phi) is 6.35. The van der Waals surface area contributed by atoms with Crippen molar-refractivity contribution < 1.29 is 13.9 Å². The average Bonchev–Trinajstić information content (AvgIpc) is 3.45. The van der Waals surface area contributed by atoms with Crippen LogP contribution in [0.5, 0.6) is 0 Å². The van der Waals surface area contributed by atoms with Gasteiger partial charge in [0.1, 0.15) is 33.2 Å². The van der Waals surface area contributed by atoms with Gasteiger partial charge < -0.3 is 26.8 Å². The topological polar surface area (TPSA) is 113 Å². The van der Waals surface area contributed by atoms with Crippen LogP contribution in [0.15, 0.2) is 24.4 Å². The fourth-order valence-corrected chi connectivity index (χ4v) is 4.60. The highest BCUT2D eigenvalue weighted by Crippen LogP contribution is 2.36. The fraction of sp³-hybridized carbons (Fsp3) is 0.400. The van der Waals surface area contributed by atoms with E-state index in [9.17, 15) is 13.9 Å². The van der Waals surface area contributed by atoms with E-state index in [4.69, 9.17) is 5.73 Å². The molecule has 1 aliphatic heterocycles. The summed E-state index contributed by atoms with van der Waals surface area (Å²) < 4.78 is 29.9. The number of nitrogens with zero attached hydrogens (tertiary/aromatic N) is 3. The molecule has 4 rings (SSSR count). The molecule has 11 heteroatoms. The van der Waals surface area contributed by atoms with Crippen molar-refractivity contribution in [3.8, 4) is 10.6 Å². The van der Waals surface area contributed by atoms with E-state index in [1.54, 1.807) is 17.9 Å². The van der Waals surface area contributed by atoms with Crippen LogP contribution in [0, 0.1) is 11.6 Å². The van der Waals surface area contributed by atoms with E-state index in [1.165, 1.54) is 18.9 Å². The summed E-state index contributed by atoms with van der Waals surface area (Å²) >= 11 is 0.915. The molecule has 2 atom stereocenters. The first-order chi connectivity index (χ1) is 14.9. The number of thiazole rings is 1. The van der Waals surface area contributed by atoms with Gasteiger partial charge in [0.05, 0.1) is 17.4 Å². The lowest BCUT2D eigenvalue weighted by molar-refractivity contribution is 0.205. The zero-order chi connectivity index (χ0) is 22.0. The average molecular weight is 450 g/mol. The molecule has 3 heterocycles. The summed E-state index contributed by atoms with van der Waals surface area (Å²) in [7, 11) is 1.80. The molecule has 31 heavy (non-hydrogen) atoms. The van der Waals surface area contributed by atoms with Crippen molar-refractivity contribution in [2.45, 2.75) is 31.5 Å². The zero-order valence-electron chi connectivity index (χ0n) is 17.0. The number of aromatic nitrogens is 3. The number of anilines is 3. The van der Waals surface area contributed by atoms with Crippen molar-refractivity contribution in [1.29, 1.82) is 0 Å². The van der Waals surface area contributed by atoms with E-state index in [2.05, 4.69) is 26.0 Å². The Bertz CT molecular complexity index is 1030. The van der Waals surface area contributed by atoms with E-state index in [0.717, 1.165) is 43.0 Å². The molecule has 2 aromatic heterocycles. The second-order valence-corrected chi connectivity index (χ2v) is 8.48. The number of hydrogen-bond acceptors (Lipinski definition) is 8. The second kappa shape index (κ2) is 9.16. The number of rotatable bonds is 8. The summed E-state index contributed by atoms with van der Waals surface area (Å²) in [6.45, 7) is 1.81. The van der Waals surface area contributed by atoms with Crippen molar-refractivity contribution in [1.82, 2.24) is 20.1 Å². The fourth-order valence-electron chi connectivity index (χ4n) is 3.69. The third kappa shape index (κ3) is 4.63. The van der Waals surface area contributed by atoms with Crippen molar-refractivity contribution in [3.05, 3.63) is 41.7 Å². The summed E-state index contributed by atoms with van der Waals surface area (Å²) in [5.74, 6) is -0.761. The third-order valence-corrected chi connectivity index (χ3v) is 6.21. The molecule has 1 aliphatic rings. The van der Waals surface area contributed by atoms with Gasteiger partial charge in [0.25, 0.3) is 0 Å². The van der Waals surface area contributed by atoms with Crippen molar-refractivity contribution >= 4 is 27.8 Å². The van der Waals surface area contributed by atoms with Crippen LogP contribution in [-0.2, 0) is 7.05 Å². The van der Waals surface area contributed by atoms with Gasteiger partial charge in [0, 0.05) is 19.6 Å². The molecule has 0 radical (unpaired) electrons. The van der Waals surface area contributed by atoms with Crippen LogP contribution in [0.25, 0.3) is 10.6 Å². The van der Waals surface area contributed by atoms with Gasteiger partial charge in [-0.25, -0.2) is 13.8 Å². The summed E-state index contributed by atoms with van der Waals surface area (Å²) in [5.41, 5.74) is 6.41. The van der Waals surface area contributed by atoms with Gasteiger partial charge in [0.2, 0.25) is 0 Å². The highest BCUT2D eigenvalue weighted by Gasteiger charge is 2.23. The normalized spacial score (nSPS) is 17.1. The van der Waals surface area contributed by atoms with E-state index in [-0.39, 0.29) is 21.3 Å². The van der Waals surface area contributed by atoms with Gasteiger partial charge in [-0.05, 0) is 37.9 Å². The molecule has 1 aromatic carbocycles. The van der Waals surface area contributed by atoms with Gasteiger partial charge in [-0.1, -0.05) is 17.4 Å². The Morgan fingerprint density at radius 2 is 2.16 bits per heavy atom. The van der Waals surface area contributed by atoms with E-state index in [0.29, 0.717) is 17.5 Å². The molecule has 3 aromatic rings. The molecular formula is C20H25F2N7OS. The minimum Gasteiger partial charge on any atom is -0.389 e.